The molecule has 0 saturated carbocycles. The molecule has 1 fully saturated rings. The zero-order valence-corrected chi connectivity index (χ0v) is 66.7. The van der Waals surface area contributed by atoms with Crippen LogP contribution in [0.25, 0.3) is 0 Å². The van der Waals surface area contributed by atoms with Crippen LogP contribution in [-0.2, 0) is 57.5 Å². The number of aliphatic hydroxyl groups is 2. The number of aliphatic hydroxyl groups excluding tert-OH is 2. The number of hydrogen-bond donors (Lipinski definition) is 7. The molecule has 12 amide bonds. The number of unbranched alkanes of at least 4 members (excludes halogenated alkanes) is 3. The summed E-state index contributed by atoms with van der Waals surface area (Å²) in [4.78, 5) is 186. The minimum atomic E-state index is -1.67. The molecule has 0 bridgehead atoms. The van der Waals surface area contributed by atoms with Crippen molar-refractivity contribution in [2.45, 2.75) is 286 Å². The third-order valence-corrected chi connectivity index (χ3v) is 20.6. The number of nitrogens with zero attached hydrogens (tertiary/aromatic N) is 7. The summed E-state index contributed by atoms with van der Waals surface area (Å²) in [6.45, 7) is 33.9. The summed E-state index contributed by atoms with van der Waals surface area (Å²) in [7, 11) is 10.0. The van der Waals surface area contributed by atoms with Gasteiger partial charge in [0.2, 0.25) is 70.9 Å². The summed E-state index contributed by atoms with van der Waals surface area (Å²) in [5.74, 6) is -10.3. The first-order chi connectivity index (χ1) is 46.2. The highest BCUT2D eigenvalue weighted by Crippen LogP contribution is 2.32. The molecular formula is C73H134N12O14S. The van der Waals surface area contributed by atoms with E-state index in [9.17, 15) is 34.2 Å². The Labute approximate surface area is 604 Å². The monoisotopic (exact) mass is 1430 g/mol. The van der Waals surface area contributed by atoms with Gasteiger partial charge in [0.15, 0.2) is 0 Å². The molecule has 7 N–H and O–H groups in total. The van der Waals surface area contributed by atoms with Crippen LogP contribution in [0.1, 0.15) is 209 Å². The lowest BCUT2D eigenvalue weighted by atomic mass is 9.90. The average molecular weight is 1440 g/mol. The average Bonchev–Trinajstić information content (AvgIpc) is 0.805. The number of rotatable bonds is 26. The van der Waals surface area contributed by atoms with Crippen molar-refractivity contribution < 1.29 is 67.7 Å². The molecule has 0 spiro atoms. The summed E-state index contributed by atoms with van der Waals surface area (Å²) < 4.78 is -0.540. The van der Waals surface area contributed by atoms with Gasteiger partial charge in [-0.25, -0.2) is 0 Å². The van der Waals surface area contributed by atoms with Crippen molar-refractivity contribution in [2.24, 2.45) is 41.4 Å². The van der Waals surface area contributed by atoms with Crippen LogP contribution in [0.3, 0.4) is 0 Å². The van der Waals surface area contributed by atoms with E-state index in [4.69, 9.17) is 0 Å². The molecule has 0 aromatic carbocycles. The van der Waals surface area contributed by atoms with Crippen molar-refractivity contribution in [2.75, 3.05) is 68.2 Å². The zero-order chi connectivity index (χ0) is 77.3. The molecule has 100 heavy (non-hydrogen) atoms. The lowest BCUT2D eigenvalue weighted by Gasteiger charge is -2.42. The summed E-state index contributed by atoms with van der Waals surface area (Å²) >= 11 is 1.38. The number of carbonyl (C=O) groups is 12. The molecule has 0 unspecified atom stereocenters. The third-order valence-electron chi connectivity index (χ3n) is 19.2. The fraction of sp³-hybridized carbons (Fsp3) is 0.836. The lowest BCUT2D eigenvalue weighted by Crippen LogP contribution is -2.64. The first-order valence-electron chi connectivity index (χ1n) is 36.5. The van der Waals surface area contributed by atoms with Crippen molar-refractivity contribution >= 4 is 82.6 Å². The van der Waals surface area contributed by atoms with Gasteiger partial charge in [-0.05, 0) is 113 Å². The number of thioether (sulfide) groups is 1. The number of carbonyl (C=O) groups excluding carboxylic acids is 12. The summed E-state index contributed by atoms with van der Waals surface area (Å²) in [5, 5.41) is 36.4. The lowest BCUT2D eigenvalue weighted by molar-refractivity contribution is -0.157. The quantitative estimate of drug-likeness (QED) is 0.0558. The molecule has 0 radical (unpaired) electrons. The van der Waals surface area contributed by atoms with Crippen LogP contribution in [0, 0.1) is 41.4 Å². The Morgan fingerprint density at radius 1 is 0.480 bits per heavy atom. The van der Waals surface area contributed by atoms with Crippen molar-refractivity contribution in [1.29, 1.82) is 0 Å². The minimum absolute atomic E-state index is 0.0113. The maximum atomic E-state index is 15.6. The van der Waals surface area contributed by atoms with Crippen LogP contribution >= 0.6 is 11.8 Å². The molecular weight excluding hydrogens is 1300 g/mol. The predicted molar refractivity (Wildman–Crippen MR) is 393 cm³/mol. The largest absolute Gasteiger partial charge is 0.396 e. The molecule has 26 nitrogen and oxygen atoms in total. The van der Waals surface area contributed by atoms with Gasteiger partial charge in [-0.2, -0.15) is 11.8 Å². The second-order valence-corrected chi connectivity index (χ2v) is 32.8. The predicted octanol–water partition coefficient (Wildman–Crippen LogP) is 5.04. The maximum Gasteiger partial charge on any atom is 0.246 e. The highest BCUT2D eigenvalue weighted by atomic mass is 32.2. The summed E-state index contributed by atoms with van der Waals surface area (Å²) in [6.07, 6.45) is 3.13. The van der Waals surface area contributed by atoms with E-state index >= 15 is 33.6 Å². The van der Waals surface area contributed by atoms with Gasteiger partial charge in [-0.15, -0.1) is 0 Å². The summed E-state index contributed by atoms with van der Waals surface area (Å²) in [6, 6.07) is -14.1. The Hall–Kier alpha value is -6.09. The van der Waals surface area contributed by atoms with Gasteiger partial charge in [0.25, 0.3) is 0 Å². The van der Waals surface area contributed by atoms with Gasteiger partial charge in [-0.1, -0.05) is 130 Å². The first-order valence-corrected chi connectivity index (χ1v) is 37.5. The summed E-state index contributed by atoms with van der Waals surface area (Å²) in [5.41, 5.74) is 0. The Balaban J connectivity index is 4.60. The van der Waals surface area contributed by atoms with Gasteiger partial charge in [0.05, 0.1) is 6.10 Å². The van der Waals surface area contributed by atoms with E-state index in [0.29, 0.717) is 32.2 Å². The molecule has 1 saturated heterocycles. The molecule has 0 aliphatic carbocycles. The highest BCUT2D eigenvalue weighted by Gasteiger charge is 2.47. The van der Waals surface area contributed by atoms with Gasteiger partial charge in [0, 0.05) is 79.9 Å². The zero-order valence-electron chi connectivity index (χ0n) is 65.9. The van der Waals surface area contributed by atoms with Gasteiger partial charge in [-0.3, -0.25) is 57.5 Å². The van der Waals surface area contributed by atoms with Crippen molar-refractivity contribution in [1.82, 2.24) is 60.9 Å². The standard InChI is InChI=1S/C73H134N12O14S/c1-27-52-67(94)83(24)57(41-100-73(18,19)34-32-36-86)70(97)79(20)54(38-43(4)5)64(91)78-58(46(10)11)71(98)80(21)53(37-42(2)3)63(90)75-49(15)62(89)76-50(16)66(93)81(22)55(39-44(6)7)68(95)82(23)56(40-45(8)9)69(96)84(25)59(47(12)13)72(99)85(26)60(65(92)77-52)61(88)48(14)33-30-28-29-31-35-74-51(17)87/h42-50,52-61,86,88H,27-41H2,1-26H3,(H,74,87)(H,75,90)(H,76,89)(H,77,92)(H,78,91)/t48-,49+,50-,52+,53+,54+,55+,56+,57-,58+,59+,60+,61-/m1/s1. The second kappa shape index (κ2) is 43.1. The van der Waals surface area contributed by atoms with E-state index in [0.717, 1.165) is 24.2 Å². The molecule has 27 heteroatoms. The van der Waals surface area contributed by atoms with Gasteiger partial charge < -0.3 is 71.1 Å². The third kappa shape index (κ3) is 27.9. The van der Waals surface area contributed by atoms with Crippen LogP contribution in [0.15, 0.2) is 0 Å². The Morgan fingerprint density at radius 3 is 1.37 bits per heavy atom. The van der Waals surface area contributed by atoms with Crippen LogP contribution in [0.4, 0.5) is 0 Å². The molecule has 1 aliphatic rings. The molecule has 1 rings (SSSR count). The number of hydrogen-bond acceptors (Lipinski definition) is 15. The molecule has 0 aromatic rings. The highest BCUT2D eigenvalue weighted by molar-refractivity contribution is 8.00. The topological polar surface area (TPSA) is 328 Å². The Morgan fingerprint density at radius 2 is 0.900 bits per heavy atom. The Kier molecular flexibility index (Phi) is 39.6. The van der Waals surface area contributed by atoms with Gasteiger partial charge >= 0.3 is 0 Å². The fourth-order valence-electron chi connectivity index (χ4n) is 12.8. The fourth-order valence-corrected chi connectivity index (χ4v) is 14.0. The van der Waals surface area contributed by atoms with Crippen LogP contribution in [0.5, 0.6) is 0 Å². The molecule has 13 atom stereocenters. The maximum absolute atomic E-state index is 15.6. The van der Waals surface area contributed by atoms with Crippen LogP contribution < -0.4 is 26.6 Å². The number of likely N-dealkylation sites (N-methyl/N-ethyl adjacent to an activating group) is 7. The van der Waals surface area contributed by atoms with Crippen LogP contribution in [0.2, 0.25) is 0 Å². The normalized spacial score (nSPS) is 25.4. The SMILES string of the molecule is CC[C@@H]1NC(=O)[C@H]([C@H](O)[C@H](C)CCCCCCNC(C)=O)N(C)C(=O)[C@H](C(C)C)N(C)C(=O)[C@H](CC(C)C)N(C)C(=O)[C@H](CC(C)C)N(C)C(=O)[C@@H](C)NC(=O)[C@H](C)NC(=O)[C@H](CC(C)C)N(C)C(=O)[C@H](C(C)C)NC(=O)[C@H](CC(C)C)N(C)C(=O)[C@@H](CSC(C)(C)CCCO)N(C)C1=O. The van der Waals surface area contributed by atoms with E-state index < -0.39 is 160 Å². The molecule has 1 aliphatic heterocycles. The smallest absolute Gasteiger partial charge is 0.246 e. The van der Waals surface area contributed by atoms with Crippen molar-refractivity contribution in [3.63, 3.8) is 0 Å². The van der Waals surface area contributed by atoms with Crippen molar-refractivity contribution in [3.05, 3.63) is 0 Å². The minimum Gasteiger partial charge on any atom is -0.396 e. The Bertz CT molecular complexity index is 2700. The van der Waals surface area contributed by atoms with E-state index in [1.165, 1.54) is 111 Å². The molecule has 576 valence electrons. The number of nitrogens with one attached hydrogen (secondary N) is 5. The molecule has 0 aromatic heterocycles. The second-order valence-electron chi connectivity index (χ2n) is 31.1. The van der Waals surface area contributed by atoms with E-state index in [1.54, 1.807) is 41.5 Å². The van der Waals surface area contributed by atoms with Crippen molar-refractivity contribution in [3.8, 4) is 0 Å². The number of amides is 12. The van der Waals surface area contributed by atoms with Crippen LogP contribution in [-0.4, -0.2) is 261 Å². The van der Waals surface area contributed by atoms with Gasteiger partial charge in [0.1, 0.15) is 66.5 Å². The van der Waals surface area contributed by atoms with E-state index in [2.05, 4.69) is 26.6 Å². The van der Waals surface area contributed by atoms with E-state index in [-0.39, 0.29) is 74.0 Å². The first kappa shape index (κ1) is 91.9. The van der Waals surface area contributed by atoms with E-state index in [1.807, 2.05) is 69.2 Å². The molecule has 1 heterocycles.